The van der Waals surface area contributed by atoms with Gasteiger partial charge in [0.2, 0.25) is 11.8 Å². The number of aromatic nitrogens is 2. The van der Waals surface area contributed by atoms with E-state index in [0.29, 0.717) is 37.1 Å². The van der Waals surface area contributed by atoms with Crippen molar-refractivity contribution < 1.29 is 19.2 Å². The van der Waals surface area contributed by atoms with Crippen molar-refractivity contribution >= 4 is 94.2 Å². The summed E-state index contributed by atoms with van der Waals surface area (Å²) >= 11 is 11.2. The molecular weight excluding hydrogens is 1130 g/mol. The van der Waals surface area contributed by atoms with Crippen LogP contribution in [0.2, 0.25) is 0 Å². The minimum Gasteiger partial charge on any atom is -0.354 e. The van der Waals surface area contributed by atoms with E-state index in [0.717, 1.165) is 69.5 Å². The van der Waals surface area contributed by atoms with Crippen molar-refractivity contribution in [3.63, 3.8) is 0 Å². The SMILES string of the molecule is CCCCCCCCCCCCNC(=O)[C@H](CC(C)C)NC(=O)c1ccc(-c2nnc(-c3ccc(C(=O)N[C@@H](CC(C)C)C(=O)NCCCCCCCCCCCC)cc3)c3c2SC(=C2SC(SCCCC)=C(SCCCC)S2)S3)cc1. The zero-order valence-electron chi connectivity index (χ0n) is 51.1. The maximum atomic E-state index is 13.9. The van der Waals surface area contributed by atoms with Crippen LogP contribution in [0.4, 0.5) is 0 Å². The first-order valence-corrected chi connectivity index (χ1v) is 36.8. The maximum absolute atomic E-state index is 13.9. The molecule has 2 aliphatic heterocycles. The fourth-order valence-electron chi connectivity index (χ4n) is 9.76. The normalized spacial score (nSPS) is 14.0. The smallest absolute Gasteiger partial charge is 0.251 e. The lowest BCUT2D eigenvalue weighted by molar-refractivity contribution is -0.124. The van der Waals surface area contributed by atoms with Crippen molar-refractivity contribution in [3.05, 3.63) is 76.6 Å². The van der Waals surface area contributed by atoms with Crippen molar-refractivity contribution in [2.24, 2.45) is 11.8 Å². The predicted molar refractivity (Wildman–Crippen MR) is 360 cm³/mol. The van der Waals surface area contributed by atoms with Gasteiger partial charge in [0, 0.05) is 35.3 Å². The predicted octanol–water partition coefficient (Wildman–Crippen LogP) is 19.2. The number of benzene rings is 2. The van der Waals surface area contributed by atoms with Gasteiger partial charge >= 0.3 is 0 Å². The largest absolute Gasteiger partial charge is 0.354 e. The van der Waals surface area contributed by atoms with Crippen molar-refractivity contribution in [1.29, 1.82) is 0 Å². The van der Waals surface area contributed by atoms with E-state index in [-0.39, 0.29) is 35.5 Å². The summed E-state index contributed by atoms with van der Waals surface area (Å²) in [5.74, 6) is 1.81. The summed E-state index contributed by atoms with van der Waals surface area (Å²) < 4.78 is 5.25. The van der Waals surface area contributed by atoms with E-state index in [1.54, 1.807) is 23.5 Å². The van der Waals surface area contributed by atoms with Gasteiger partial charge in [0.1, 0.15) is 23.5 Å². The molecule has 0 spiro atoms. The Labute approximate surface area is 520 Å². The number of carbonyl (C=O) groups is 4. The van der Waals surface area contributed by atoms with Crippen molar-refractivity contribution in [1.82, 2.24) is 31.5 Å². The third kappa shape index (κ3) is 24.8. The van der Waals surface area contributed by atoms with Gasteiger partial charge in [0.25, 0.3) is 11.8 Å². The van der Waals surface area contributed by atoms with Gasteiger partial charge in [0.05, 0.1) is 26.7 Å². The highest BCUT2D eigenvalue weighted by Gasteiger charge is 2.34. The van der Waals surface area contributed by atoms with Gasteiger partial charge in [-0.15, -0.1) is 33.7 Å². The minimum atomic E-state index is -0.630. The Hall–Kier alpha value is -3.02. The molecule has 0 fully saturated rings. The molecule has 2 aliphatic rings. The lowest BCUT2D eigenvalue weighted by Gasteiger charge is -2.20. The van der Waals surface area contributed by atoms with Gasteiger partial charge in [0.15, 0.2) is 0 Å². The zero-order valence-corrected chi connectivity index (χ0v) is 56.0. The Morgan fingerprint density at radius 1 is 0.427 bits per heavy atom. The van der Waals surface area contributed by atoms with E-state index in [1.807, 2.05) is 95.6 Å². The average molecular weight is 1230 g/mol. The van der Waals surface area contributed by atoms with Crippen LogP contribution >= 0.6 is 70.6 Å². The molecule has 1 aromatic heterocycles. The fraction of sp³-hybridized carbons (Fsp3) is 0.636. The van der Waals surface area contributed by atoms with E-state index in [2.05, 4.69) is 76.7 Å². The van der Waals surface area contributed by atoms with Gasteiger partial charge in [-0.05, 0) is 86.1 Å². The molecule has 454 valence electrons. The van der Waals surface area contributed by atoms with E-state index in [9.17, 15) is 19.2 Å². The van der Waals surface area contributed by atoms with Gasteiger partial charge < -0.3 is 21.3 Å². The van der Waals surface area contributed by atoms with Crippen LogP contribution in [-0.4, -0.2) is 70.5 Å². The molecule has 16 heteroatoms. The number of hydrogen-bond acceptors (Lipinski definition) is 12. The van der Waals surface area contributed by atoms with E-state index < -0.39 is 12.1 Å². The van der Waals surface area contributed by atoms with Crippen molar-refractivity contribution in [2.75, 3.05) is 24.6 Å². The molecule has 4 N–H and O–H groups in total. The van der Waals surface area contributed by atoms with Crippen molar-refractivity contribution in [2.45, 2.75) is 244 Å². The first kappa shape index (κ1) is 69.7. The Bertz CT molecular complexity index is 2300. The Morgan fingerprint density at radius 3 is 1.07 bits per heavy atom. The molecule has 3 aromatic rings. The van der Waals surface area contributed by atoms with Crippen molar-refractivity contribution in [3.8, 4) is 22.5 Å². The van der Waals surface area contributed by atoms with Gasteiger partial charge in [-0.1, -0.05) is 255 Å². The Kier molecular flexibility index (Phi) is 34.3. The summed E-state index contributed by atoms with van der Waals surface area (Å²) in [5, 5.41) is 22.2. The number of hydrogen-bond donors (Lipinski definition) is 4. The summed E-state index contributed by atoms with van der Waals surface area (Å²) in [6, 6.07) is 13.7. The zero-order chi connectivity index (χ0) is 58.9. The highest BCUT2D eigenvalue weighted by atomic mass is 32.3. The lowest BCUT2D eigenvalue weighted by Crippen LogP contribution is -2.47. The summed E-state index contributed by atoms with van der Waals surface area (Å²) in [7, 11) is 0. The molecule has 3 heterocycles. The highest BCUT2D eigenvalue weighted by molar-refractivity contribution is 8.42. The summed E-state index contributed by atoms with van der Waals surface area (Å²) in [6.45, 7) is 18.5. The fourth-order valence-corrected chi connectivity index (χ4v) is 18.9. The molecule has 82 heavy (non-hydrogen) atoms. The molecule has 0 unspecified atom stereocenters. The molecular formula is C66H100N6O4S6. The third-order valence-corrected chi connectivity index (χ3v) is 23.4. The van der Waals surface area contributed by atoms with Gasteiger partial charge in [-0.2, -0.15) is 0 Å². The minimum absolute atomic E-state index is 0.130. The number of fused-ring (bicyclic) bond motifs is 1. The number of thioether (sulfide) groups is 6. The van der Waals surface area contributed by atoms with Crippen LogP contribution in [0, 0.1) is 11.8 Å². The van der Waals surface area contributed by atoms with E-state index in [4.69, 9.17) is 10.2 Å². The standard InChI is InChI=1S/C66H100N6O4S6/c1-9-13-17-19-21-23-25-27-29-31-41-67-61(75)53(45-47(5)6)69-59(73)51-37-33-49(34-38-51)55-57-58(80-65(79-57)66-81-63(77-43-15-11-3)64(82-66)78-44-16-12-4)56(72-71-55)50-35-39-52(40-36-50)60(74)70-54(46-48(7)8)62(76)68-42-32-30-28-26-24-22-20-18-14-10-2/h33-40,47-48,53-54H,9-32,41-46H2,1-8H3,(H,67,75)(H,68,76)(H,69,73)(H,70,74)/t53-,54-/m0/s1. The molecule has 0 saturated carbocycles. The second-order valence-corrected chi connectivity index (χ2v) is 30.3. The second kappa shape index (κ2) is 40.4. The molecule has 0 aliphatic carbocycles. The second-order valence-electron chi connectivity index (χ2n) is 22.9. The lowest BCUT2D eigenvalue weighted by atomic mass is 10.0. The van der Waals surface area contributed by atoms with Gasteiger partial charge in [-0.3, -0.25) is 19.2 Å². The molecule has 0 bridgehead atoms. The van der Waals surface area contributed by atoms with Crippen LogP contribution in [0.3, 0.4) is 0 Å². The number of amides is 4. The number of unbranched alkanes of at least 4 members (excludes halogenated alkanes) is 20. The monoisotopic (exact) mass is 1230 g/mol. The number of nitrogens with one attached hydrogen (secondary N) is 4. The molecule has 2 atom stereocenters. The summed E-state index contributed by atoms with van der Waals surface area (Å²) in [4.78, 5) is 56.7. The average Bonchev–Trinajstić information content (AvgIpc) is 4.32. The topological polar surface area (TPSA) is 142 Å². The summed E-state index contributed by atoms with van der Waals surface area (Å²) in [5.41, 5.74) is 4.09. The molecule has 0 saturated heterocycles. The highest BCUT2D eigenvalue weighted by Crippen LogP contribution is 2.66. The van der Waals surface area contributed by atoms with E-state index in [1.165, 1.54) is 145 Å². The quantitative estimate of drug-likeness (QED) is 0.0401. The molecule has 2 aromatic carbocycles. The van der Waals surface area contributed by atoms with Crippen LogP contribution in [0.25, 0.3) is 22.5 Å². The first-order valence-electron chi connectivity index (χ1n) is 31.6. The number of nitrogens with zero attached hydrogens (tertiary/aromatic N) is 2. The summed E-state index contributed by atoms with van der Waals surface area (Å²) in [6.07, 6.45) is 30.5. The van der Waals surface area contributed by atoms with Crippen LogP contribution in [-0.2, 0) is 9.59 Å². The molecule has 10 nitrogen and oxygen atoms in total. The van der Waals surface area contributed by atoms with Crippen LogP contribution in [0.1, 0.15) is 243 Å². The number of rotatable bonds is 42. The molecule has 5 rings (SSSR count). The molecule has 0 radical (unpaired) electrons. The maximum Gasteiger partial charge on any atom is 0.251 e. The van der Waals surface area contributed by atoms with Gasteiger partial charge in [-0.25, -0.2) is 0 Å². The molecule has 4 amide bonds. The Morgan fingerprint density at radius 2 is 0.744 bits per heavy atom. The van der Waals surface area contributed by atoms with Crippen LogP contribution in [0.5, 0.6) is 0 Å². The first-order chi connectivity index (χ1) is 39.9. The third-order valence-electron chi connectivity index (χ3n) is 14.6. The van der Waals surface area contributed by atoms with Crippen LogP contribution in [0.15, 0.2) is 75.3 Å². The van der Waals surface area contributed by atoms with E-state index >= 15 is 0 Å². The van der Waals surface area contributed by atoms with Crippen LogP contribution < -0.4 is 21.3 Å². The Balaban J connectivity index is 1.30. The number of carbonyl (C=O) groups excluding carboxylic acids is 4.